The van der Waals surface area contributed by atoms with Crippen LogP contribution in [-0.4, -0.2) is 41.3 Å². The second-order valence-corrected chi connectivity index (χ2v) is 7.99. The molecule has 8 heteroatoms. The summed E-state index contributed by atoms with van der Waals surface area (Å²) in [6, 6.07) is 9.08. The molecular formula is C22H29NO7. The average Bonchev–Trinajstić information content (AvgIpc) is 2.70. The summed E-state index contributed by atoms with van der Waals surface area (Å²) in [5, 5.41) is 20.6. The lowest BCUT2D eigenvalue weighted by Crippen LogP contribution is -2.31. The first kappa shape index (κ1) is 23.6. The minimum Gasteiger partial charge on any atom is -0.482 e. The fourth-order valence-corrected chi connectivity index (χ4v) is 2.95. The lowest BCUT2D eigenvalue weighted by molar-refractivity contribution is -0.111. The molecule has 2 aromatic rings. The third kappa shape index (κ3) is 5.47. The zero-order valence-electron chi connectivity index (χ0n) is 17.9. The molecule has 30 heavy (non-hydrogen) atoms. The van der Waals surface area contributed by atoms with E-state index in [9.17, 15) is 19.8 Å². The number of aliphatic hydroxyl groups excluding tert-OH is 1. The summed E-state index contributed by atoms with van der Waals surface area (Å²) in [6.45, 7) is 5.34. The Morgan fingerprint density at radius 2 is 1.73 bits per heavy atom. The van der Waals surface area contributed by atoms with Crippen LogP contribution in [-0.2, 0) is 22.6 Å². The zero-order valence-corrected chi connectivity index (χ0v) is 17.9. The van der Waals surface area contributed by atoms with Gasteiger partial charge in [-0.25, -0.2) is 4.79 Å². The van der Waals surface area contributed by atoms with Crippen LogP contribution in [0.4, 0.5) is 0 Å². The van der Waals surface area contributed by atoms with E-state index < -0.39 is 29.2 Å². The van der Waals surface area contributed by atoms with Crippen molar-refractivity contribution in [2.24, 2.45) is 5.41 Å². The SMILES string of the molecule is COC(Cn1cc(C(O)C(C)(C)C)c(=O)c(OCc2ccccc2)c1C(=O)O)OC. The monoisotopic (exact) mass is 419 g/mol. The largest absolute Gasteiger partial charge is 0.482 e. The van der Waals surface area contributed by atoms with Crippen LogP contribution in [0.3, 0.4) is 0 Å². The van der Waals surface area contributed by atoms with Gasteiger partial charge in [-0.1, -0.05) is 51.1 Å². The van der Waals surface area contributed by atoms with E-state index >= 15 is 0 Å². The van der Waals surface area contributed by atoms with Crippen molar-refractivity contribution in [3.63, 3.8) is 0 Å². The molecule has 0 radical (unpaired) electrons. The topological polar surface area (TPSA) is 107 Å². The minimum absolute atomic E-state index is 0.00338. The highest BCUT2D eigenvalue weighted by molar-refractivity contribution is 5.89. The molecule has 0 saturated heterocycles. The van der Waals surface area contributed by atoms with Gasteiger partial charge in [0.25, 0.3) is 0 Å². The molecule has 1 heterocycles. The number of ether oxygens (including phenoxy) is 3. The van der Waals surface area contributed by atoms with Gasteiger partial charge < -0.3 is 29.0 Å². The van der Waals surface area contributed by atoms with Gasteiger partial charge in [-0.2, -0.15) is 0 Å². The number of carboxylic acids is 1. The number of pyridine rings is 1. The van der Waals surface area contributed by atoms with Gasteiger partial charge in [-0.3, -0.25) is 4.79 Å². The molecule has 1 unspecified atom stereocenters. The fraction of sp³-hybridized carbons (Fsp3) is 0.455. The van der Waals surface area contributed by atoms with Crippen molar-refractivity contribution in [1.29, 1.82) is 0 Å². The minimum atomic E-state index is -1.34. The van der Waals surface area contributed by atoms with Gasteiger partial charge in [0, 0.05) is 26.0 Å². The summed E-state index contributed by atoms with van der Waals surface area (Å²) in [5.41, 5.74) is -0.830. The number of aromatic carboxylic acids is 1. The summed E-state index contributed by atoms with van der Waals surface area (Å²) in [7, 11) is 2.85. The molecule has 1 aromatic heterocycles. The van der Waals surface area contributed by atoms with Gasteiger partial charge in [-0.15, -0.1) is 0 Å². The molecule has 8 nitrogen and oxygen atoms in total. The Labute approximate surface area is 175 Å². The van der Waals surface area contributed by atoms with Crippen molar-refractivity contribution in [1.82, 2.24) is 4.57 Å². The summed E-state index contributed by atoms with van der Waals surface area (Å²) in [4.78, 5) is 25.2. The van der Waals surface area contributed by atoms with E-state index in [4.69, 9.17) is 14.2 Å². The van der Waals surface area contributed by atoms with Crippen LogP contribution in [0, 0.1) is 5.41 Å². The number of aromatic nitrogens is 1. The van der Waals surface area contributed by atoms with Crippen molar-refractivity contribution < 1.29 is 29.2 Å². The second-order valence-electron chi connectivity index (χ2n) is 7.99. The molecule has 1 atom stereocenters. The summed E-state index contributed by atoms with van der Waals surface area (Å²) in [6.07, 6.45) is -0.559. The van der Waals surface area contributed by atoms with Crippen molar-refractivity contribution in [3.05, 3.63) is 63.6 Å². The van der Waals surface area contributed by atoms with Gasteiger partial charge in [0.15, 0.2) is 17.7 Å². The average molecular weight is 419 g/mol. The molecule has 0 aliphatic rings. The first-order valence-corrected chi connectivity index (χ1v) is 9.51. The summed E-state index contributed by atoms with van der Waals surface area (Å²) in [5.74, 6) is -1.67. The maximum Gasteiger partial charge on any atom is 0.356 e. The van der Waals surface area contributed by atoms with Crippen LogP contribution in [0.1, 0.15) is 48.5 Å². The number of aliphatic hydroxyl groups is 1. The van der Waals surface area contributed by atoms with E-state index in [1.54, 1.807) is 32.9 Å². The molecular weight excluding hydrogens is 390 g/mol. The van der Waals surface area contributed by atoms with Gasteiger partial charge >= 0.3 is 5.97 Å². The normalized spacial score (nSPS) is 12.8. The Morgan fingerprint density at radius 3 is 2.23 bits per heavy atom. The maximum atomic E-state index is 13.2. The molecule has 0 bridgehead atoms. The number of methoxy groups -OCH3 is 2. The highest BCUT2D eigenvalue weighted by atomic mass is 16.7. The van der Waals surface area contributed by atoms with Gasteiger partial charge in [0.1, 0.15) is 6.61 Å². The van der Waals surface area contributed by atoms with Crippen molar-refractivity contribution in [2.75, 3.05) is 14.2 Å². The number of carbonyl (C=O) groups is 1. The predicted molar refractivity (Wildman–Crippen MR) is 111 cm³/mol. The molecule has 0 aliphatic heterocycles. The third-order valence-electron chi connectivity index (χ3n) is 4.68. The maximum absolute atomic E-state index is 13.2. The Balaban J connectivity index is 2.65. The molecule has 2 N–H and O–H groups in total. The number of hydrogen-bond acceptors (Lipinski definition) is 6. The second kappa shape index (κ2) is 9.88. The van der Waals surface area contributed by atoms with Gasteiger partial charge in [0.05, 0.1) is 12.6 Å². The zero-order chi connectivity index (χ0) is 22.5. The lowest BCUT2D eigenvalue weighted by Gasteiger charge is -2.28. The molecule has 0 amide bonds. The molecule has 0 aliphatic carbocycles. The van der Waals surface area contributed by atoms with Crippen molar-refractivity contribution in [2.45, 2.75) is 46.3 Å². The number of rotatable bonds is 9. The van der Waals surface area contributed by atoms with E-state index in [1.165, 1.54) is 25.0 Å². The van der Waals surface area contributed by atoms with Crippen LogP contribution < -0.4 is 10.2 Å². The van der Waals surface area contributed by atoms with E-state index in [-0.39, 0.29) is 30.2 Å². The van der Waals surface area contributed by atoms with Crippen molar-refractivity contribution in [3.8, 4) is 5.75 Å². The summed E-state index contributed by atoms with van der Waals surface area (Å²) >= 11 is 0. The number of hydrogen-bond donors (Lipinski definition) is 2. The lowest BCUT2D eigenvalue weighted by atomic mass is 9.85. The third-order valence-corrected chi connectivity index (χ3v) is 4.68. The van der Waals surface area contributed by atoms with Crippen LogP contribution in [0.15, 0.2) is 41.3 Å². The van der Waals surface area contributed by atoms with E-state index in [1.807, 2.05) is 18.2 Å². The van der Waals surface area contributed by atoms with Crippen molar-refractivity contribution >= 4 is 5.97 Å². The Bertz CT molecular complexity index is 912. The number of benzene rings is 1. The van der Waals surface area contributed by atoms with Crippen LogP contribution >= 0.6 is 0 Å². The number of nitrogens with zero attached hydrogens (tertiary/aromatic N) is 1. The standard InChI is InChI=1S/C22H29NO7/c1-22(2,3)20(25)15-11-23(12-16(28-4)29-5)17(21(26)27)19(18(15)24)30-13-14-9-7-6-8-10-14/h6-11,16,20,25H,12-13H2,1-5H3,(H,26,27). The molecule has 164 valence electrons. The Morgan fingerprint density at radius 1 is 1.13 bits per heavy atom. The number of carboxylic acid groups (broad SMARTS) is 1. The molecule has 0 fully saturated rings. The Hall–Kier alpha value is -2.68. The van der Waals surface area contributed by atoms with E-state index in [0.29, 0.717) is 0 Å². The molecule has 1 aromatic carbocycles. The quantitative estimate of drug-likeness (QED) is 0.602. The highest BCUT2D eigenvalue weighted by Crippen LogP contribution is 2.32. The molecule has 2 rings (SSSR count). The van der Waals surface area contributed by atoms with Gasteiger partial charge in [-0.05, 0) is 11.0 Å². The van der Waals surface area contributed by atoms with Crippen LogP contribution in [0.25, 0.3) is 0 Å². The van der Waals surface area contributed by atoms with Gasteiger partial charge in [0.2, 0.25) is 5.43 Å². The summed E-state index contributed by atoms with van der Waals surface area (Å²) < 4.78 is 17.4. The van der Waals surface area contributed by atoms with Crippen LogP contribution in [0.2, 0.25) is 0 Å². The van der Waals surface area contributed by atoms with E-state index in [2.05, 4.69) is 0 Å². The Kier molecular flexibility index (Phi) is 7.77. The first-order valence-electron chi connectivity index (χ1n) is 9.51. The van der Waals surface area contributed by atoms with Crippen LogP contribution in [0.5, 0.6) is 5.75 Å². The first-order chi connectivity index (χ1) is 14.1. The predicted octanol–water partition coefficient (Wildman–Crippen LogP) is 2.82. The molecule has 0 spiro atoms. The smallest absolute Gasteiger partial charge is 0.356 e. The highest BCUT2D eigenvalue weighted by Gasteiger charge is 2.31. The fourth-order valence-electron chi connectivity index (χ4n) is 2.95. The molecule has 0 saturated carbocycles. The van der Waals surface area contributed by atoms with E-state index in [0.717, 1.165) is 5.56 Å².